The molecule has 6 heteroatoms. The van der Waals surface area contributed by atoms with Crippen LogP contribution in [0.25, 0.3) is 11.1 Å². The number of rotatable bonds is 7. The van der Waals surface area contributed by atoms with Crippen molar-refractivity contribution >= 4 is 17.1 Å². The minimum atomic E-state index is 0.531. The first-order chi connectivity index (χ1) is 10.8. The van der Waals surface area contributed by atoms with Gasteiger partial charge in [-0.2, -0.15) is 10.1 Å². The van der Waals surface area contributed by atoms with E-state index >= 15 is 0 Å². The molecule has 0 bridgehead atoms. The van der Waals surface area contributed by atoms with Crippen molar-refractivity contribution in [2.75, 3.05) is 19.0 Å². The molecule has 22 heavy (non-hydrogen) atoms. The van der Waals surface area contributed by atoms with Crippen LogP contribution in [0.15, 0.2) is 35.0 Å². The molecule has 0 aliphatic heterocycles. The monoisotopic (exact) mass is 300 g/mol. The zero-order chi connectivity index (χ0) is 15.4. The quantitative estimate of drug-likeness (QED) is 0.727. The van der Waals surface area contributed by atoms with Crippen molar-refractivity contribution in [3.05, 3.63) is 41.7 Å². The number of nitrogens with one attached hydrogen (secondary N) is 1. The Labute approximate surface area is 129 Å². The summed E-state index contributed by atoms with van der Waals surface area (Å²) in [6.07, 6.45) is 4.73. The third-order valence-corrected chi connectivity index (χ3v) is 3.50. The van der Waals surface area contributed by atoms with Gasteiger partial charge in [0.15, 0.2) is 5.58 Å². The van der Waals surface area contributed by atoms with E-state index in [1.165, 1.54) is 5.56 Å². The molecular formula is C16H20N4O2. The Hall–Kier alpha value is -2.34. The zero-order valence-corrected chi connectivity index (χ0v) is 12.9. The lowest BCUT2D eigenvalue weighted by Gasteiger charge is -1.98. The maximum atomic E-state index is 5.70. The second-order valence-corrected chi connectivity index (χ2v) is 5.12. The number of anilines is 1. The highest BCUT2D eigenvalue weighted by molar-refractivity contribution is 5.75. The highest BCUT2D eigenvalue weighted by atomic mass is 16.5. The molecule has 0 amide bonds. The number of methoxy groups -OCH3 is 1. The Morgan fingerprint density at radius 2 is 2.23 bits per heavy atom. The molecule has 6 nitrogen and oxygen atoms in total. The van der Waals surface area contributed by atoms with Crippen molar-refractivity contribution in [3.8, 4) is 0 Å². The number of hydrogen-bond donors (Lipinski definition) is 1. The number of aromatic nitrogens is 3. The molecule has 0 aliphatic rings. The summed E-state index contributed by atoms with van der Waals surface area (Å²) < 4.78 is 12.7. The van der Waals surface area contributed by atoms with E-state index in [0.29, 0.717) is 19.2 Å². The van der Waals surface area contributed by atoms with Crippen molar-refractivity contribution < 1.29 is 9.15 Å². The Morgan fingerprint density at radius 3 is 3.00 bits per heavy atom. The van der Waals surface area contributed by atoms with Crippen LogP contribution in [0.1, 0.15) is 18.1 Å². The zero-order valence-electron chi connectivity index (χ0n) is 12.9. The van der Waals surface area contributed by atoms with Crippen molar-refractivity contribution in [1.82, 2.24) is 14.8 Å². The number of nitrogens with zero attached hydrogens (tertiary/aromatic N) is 3. The minimum Gasteiger partial charge on any atom is -0.424 e. The Bertz CT molecular complexity index is 748. The lowest BCUT2D eigenvalue weighted by Crippen LogP contribution is -1.98. The summed E-state index contributed by atoms with van der Waals surface area (Å²) in [5.74, 6) is 0. The molecule has 0 aliphatic carbocycles. The predicted molar refractivity (Wildman–Crippen MR) is 84.8 cm³/mol. The summed E-state index contributed by atoms with van der Waals surface area (Å²) in [5.41, 5.74) is 3.94. The van der Waals surface area contributed by atoms with Gasteiger partial charge in [-0.3, -0.25) is 4.68 Å². The maximum absolute atomic E-state index is 5.70. The normalized spacial score (nSPS) is 11.2. The highest BCUT2D eigenvalue weighted by Gasteiger charge is 2.07. The van der Waals surface area contributed by atoms with Gasteiger partial charge in [-0.1, -0.05) is 6.07 Å². The molecule has 0 radical (unpaired) electrons. The van der Waals surface area contributed by atoms with E-state index in [1.54, 1.807) is 7.11 Å². The van der Waals surface area contributed by atoms with Gasteiger partial charge in [-0.15, -0.1) is 0 Å². The lowest BCUT2D eigenvalue weighted by atomic mass is 10.1. The largest absolute Gasteiger partial charge is 0.424 e. The lowest BCUT2D eigenvalue weighted by molar-refractivity contribution is 0.202. The van der Waals surface area contributed by atoms with Crippen LogP contribution in [0.3, 0.4) is 0 Å². The number of benzene rings is 1. The first-order valence-corrected chi connectivity index (χ1v) is 7.42. The first-order valence-electron chi connectivity index (χ1n) is 7.42. The van der Waals surface area contributed by atoms with Gasteiger partial charge in [0.2, 0.25) is 0 Å². The van der Waals surface area contributed by atoms with E-state index in [4.69, 9.17) is 9.15 Å². The molecule has 0 fully saturated rings. The summed E-state index contributed by atoms with van der Waals surface area (Å²) in [7, 11) is 1.71. The molecule has 0 spiro atoms. The average Bonchev–Trinajstić information content (AvgIpc) is 3.16. The van der Waals surface area contributed by atoms with Gasteiger partial charge in [0.05, 0.1) is 12.8 Å². The van der Waals surface area contributed by atoms with Crippen LogP contribution in [0, 0.1) is 0 Å². The van der Waals surface area contributed by atoms with Gasteiger partial charge < -0.3 is 14.5 Å². The summed E-state index contributed by atoms with van der Waals surface area (Å²) in [5, 5.41) is 7.44. The van der Waals surface area contributed by atoms with Crippen molar-refractivity contribution in [2.45, 2.75) is 26.4 Å². The average molecular weight is 300 g/mol. The molecule has 2 aromatic heterocycles. The van der Waals surface area contributed by atoms with Gasteiger partial charge in [-0.05, 0) is 31.0 Å². The van der Waals surface area contributed by atoms with E-state index in [-0.39, 0.29) is 0 Å². The Morgan fingerprint density at radius 1 is 1.32 bits per heavy atom. The van der Waals surface area contributed by atoms with Crippen LogP contribution in [-0.4, -0.2) is 28.5 Å². The Balaban J connectivity index is 1.68. The van der Waals surface area contributed by atoms with Crippen LogP contribution in [0.4, 0.5) is 6.01 Å². The first kappa shape index (κ1) is 14.6. The smallest absolute Gasteiger partial charge is 0.295 e. The number of fused-ring (bicyclic) bond motifs is 1. The number of hydrogen-bond acceptors (Lipinski definition) is 5. The molecule has 3 rings (SSSR count). The molecule has 0 unspecified atom stereocenters. The van der Waals surface area contributed by atoms with Crippen LogP contribution in [-0.2, 0) is 24.2 Å². The topological polar surface area (TPSA) is 65.1 Å². The number of ether oxygens (including phenoxy) is 1. The maximum Gasteiger partial charge on any atom is 0.295 e. The third kappa shape index (κ3) is 3.28. The van der Waals surface area contributed by atoms with Crippen LogP contribution in [0.2, 0.25) is 0 Å². The molecule has 0 saturated carbocycles. The van der Waals surface area contributed by atoms with Gasteiger partial charge >= 0.3 is 0 Å². The number of aryl methyl sites for hydroxylation is 1. The third-order valence-electron chi connectivity index (χ3n) is 3.50. The summed E-state index contributed by atoms with van der Waals surface area (Å²) in [6.45, 7) is 4.28. The van der Waals surface area contributed by atoms with E-state index in [9.17, 15) is 0 Å². The molecule has 1 N–H and O–H groups in total. The second kappa shape index (κ2) is 6.62. The standard InChI is InChI=1S/C16H20N4O2/c1-3-20-11-13(10-18-20)9-17-16-19-14-8-12(6-7-21-2)4-5-15(14)22-16/h4-5,8,10-11H,3,6-7,9H2,1-2H3,(H,17,19). The molecular weight excluding hydrogens is 280 g/mol. The second-order valence-electron chi connectivity index (χ2n) is 5.12. The van der Waals surface area contributed by atoms with Crippen LogP contribution >= 0.6 is 0 Å². The fourth-order valence-corrected chi connectivity index (χ4v) is 2.27. The predicted octanol–water partition coefficient (Wildman–Crippen LogP) is 2.85. The van der Waals surface area contributed by atoms with Crippen molar-refractivity contribution in [1.29, 1.82) is 0 Å². The summed E-state index contributed by atoms with van der Waals surface area (Å²) in [4.78, 5) is 4.48. The fourth-order valence-electron chi connectivity index (χ4n) is 2.27. The number of oxazole rings is 1. The van der Waals surface area contributed by atoms with Crippen LogP contribution in [0.5, 0.6) is 0 Å². The summed E-state index contributed by atoms with van der Waals surface area (Å²) in [6, 6.07) is 6.57. The van der Waals surface area contributed by atoms with Gasteiger partial charge in [0, 0.05) is 32.0 Å². The van der Waals surface area contributed by atoms with Crippen molar-refractivity contribution in [3.63, 3.8) is 0 Å². The van der Waals surface area contributed by atoms with Gasteiger partial charge in [0.25, 0.3) is 6.01 Å². The highest BCUT2D eigenvalue weighted by Crippen LogP contribution is 2.21. The van der Waals surface area contributed by atoms with E-state index in [1.807, 2.05) is 35.3 Å². The van der Waals surface area contributed by atoms with Crippen molar-refractivity contribution in [2.24, 2.45) is 0 Å². The minimum absolute atomic E-state index is 0.531. The fraction of sp³-hybridized carbons (Fsp3) is 0.375. The summed E-state index contributed by atoms with van der Waals surface area (Å²) >= 11 is 0. The SMILES string of the molecule is CCn1cc(CNc2nc3cc(CCOC)ccc3o2)cn1. The molecule has 1 aromatic carbocycles. The Kier molecular flexibility index (Phi) is 4.39. The van der Waals surface area contributed by atoms with Gasteiger partial charge in [0.1, 0.15) is 5.52 Å². The molecule has 116 valence electrons. The molecule has 3 aromatic rings. The molecule has 0 atom stereocenters. The van der Waals surface area contributed by atoms with E-state index in [2.05, 4.69) is 22.3 Å². The molecule has 0 saturated heterocycles. The van der Waals surface area contributed by atoms with Crippen LogP contribution < -0.4 is 5.32 Å². The van der Waals surface area contributed by atoms with Gasteiger partial charge in [-0.25, -0.2) is 0 Å². The molecule has 2 heterocycles. The van der Waals surface area contributed by atoms with E-state index < -0.39 is 0 Å². The van der Waals surface area contributed by atoms with E-state index in [0.717, 1.165) is 29.6 Å².